The van der Waals surface area contributed by atoms with Crippen LogP contribution in [0.4, 0.5) is 0 Å². The molecule has 0 aromatic carbocycles. The average Bonchev–Trinajstić information content (AvgIpc) is 2.83. The van der Waals surface area contributed by atoms with Crippen LogP contribution in [-0.4, -0.2) is 29.6 Å². The molecule has 0 aliphatic heterocycles. The molecule has 2 atom stereocenters. The van der Waals surface area contributed by atoms with Crippen LogP contribution in [0.3, 0.4) is 0 Å². The molecule has 0 aromatic heterocycles. The van der Waals surface area contributed by atoms with E-state index in [9.17, 15) is 0 Å². The quantitative estimate of drug-likeness (QED) is 0.839. The van der Waals surface area contributed by atoms with Gasteiger partial charge >= 0.3 is 0 Å². The average molecular weight is 266 g/mol. The van der Waals surface area contributed by atoms with Gasteiger partial charge in [0.15, 0.2) is 0 Å². The fourth-order valence-corrected chi connectivity index (χ4v) is 4.22. The highest BCUT2D eigenvalue weighted by molar-refractivity contribution is 4.98. The monoisotopic (exact) mass is 266 g/mol. The van der Waals surface area contributed by atoms with Gasteiger partial charge in [0, 0.05) is 24.7 Å². The van der Waals surface area contributed by atoms with Crippen molar-refractivity contribution in [2.45, 2.75) is 90.8 Å². The molecule has 112 valence electrons. The maximum absolute atomic E-state index is 6.66. The van der Waals surface area contributed by atoms with Gasteiger partial charge < -0.3 is 5.73 Å². The molecule has 0 bridgehead atoms. The van der Waals surface area contributed by atoms with Crippen molar-refractivity contribution in [2.24, 2.45) is 17.1 Å². The Balaban J connectivity index is 2.12. The summed E-state index contributed by atoms with van der Waals surface area (Å²) in [6.45, 7) is 10.7. The highest BCUT2D eigenvalue weighted by Crippen LogP contribution is 2.39. The Kier molecular flexibility index (Phi) is 4.94. The van der Waals surface area contributed by atoms with Crippen molar-refractivity contribution in [3.05, 3.63) is 0 Å². The van der Waals surface area contributed by atoms with Gasteiger partial charge in [0.25, 0.3) is 0 Å². The predicted octanol–water partition coefficient (Wildman–Crippen LogP) is 3.79. The van der Waals surface area contributed by atoms with Crippen LogP contribution in [0.15, 0.2) is 0 Å². The van der Waals surface area contributed by atoms with E-state index in [2.05, 4.69) is 32.6 Å². The fraction of sp³-hybridized carbons (Fsp3) is 1.00. The van der Waals surface area contributed by atoms with E-state index in [1.165, 1.54) is 51.5 Å². The van der Waals surface area contributed by atoms with Gasteiger partial charge in [-0.05, 0) is 37.0 Å². The van der Waals surface area contributed by atoms with E-state index in [1.54, 1.807) is 0 Å². The van der Waals surface area contributed by atoms with Crippen molar-refractivity contribution in [1.29, 1.82) is 0 Å². The first-order chi connectivity index (χ1) is 8.92. The summed E-state index contributed by atoms with van der Waals surface area (Å²) in [5.41, 5.74) is 6.98. The van der Waals surface area contributed by atoms with Gasteiger partial charge in [-0.15, -0.1) is 0 Å². The van der Waals surface area contributed by atoms with E-state index in [1.807, 2.05) is 0 Å². The van der Waals surface area contributed by atoms with Gasteiger partial charge in [-0.25, -0.2) is 0 Å². The molecule has 19 heavy (non-hydrogen) atoms. The second-order valence-corrected chi connectivity index (χ2v) is 8.00. The zero-order valence-corrected chi connectivity index (χ0v) is 13.5. The molecule has 2 heteroatoms. The molecule has 2 rings (SSSR count). The molecule has 2 saturated carbocycles. The number of rotatable bonds is 4. The smallest absolute Gasteiger partial charge is 0.0255 e. The zero-order chi connectivity index (χ0) is 14.0. The first kappa shape index (κ1) is 15.3. The second-order valence-electron chi connectivity index (χ2n) is 8.00. The van der Waals surface area contributed by atoms with Crippen LogP contribution < -0.4 is 5.73 Å². The minimum atomic E-state index is 0.316. The zero-order valence-electron chi connectivity index (χ0n) is 13.5. The summed E-state index contributed by atoms with van der Waals surface area (Å²) >= 11 is 0. The summed E-state index contributed by atoms with van der Waals surface area (Å²) in [5.74, 6) is 0.748. The topological polar surface area (TPSA) is 29.3 Å². The van der Waals surface area contributed by atoms with Crippen molar-refractivity contribution in [3.63, 3.8) is 0 Å². The van der Waals surface area contributed by atoms with Gasteiger partial charge in [-0.1, -0.05) is 47.0 Å². The molecule has 2 fully saturated rings. The van der Waals surface area contributed by atoms with E-state index >= 15 is 0 Å². The van der Waals surface area contributed by atoms with E-state index in [4.69, 9.17) is 5.73 Å². The first-order valence-electron chi connectivity index (χ1n) is 8.43. The Hall–Kier alpha value is -0.0800. The number of hydrogen-bond acceptors (Lipinski definition) is 2. The lowest BCUT2D eigenvalue weighted by Crippen LogP contribution is -2.59. The minimum absolute atomic E-state index is 0.316. The van der Waals surface area contributed by atoms with Crippen molar-refractivity contribution in [2.75, 3.05) is 6.54 Å². The van der Waals surface area contributed by atoms with Crippen LogP contribution in [0, 0.1) is 11.3 Å². The van der Waals surface area contributed by atoms with Crippen LogP contribution in [0.5, 0.6) is 0 Å². The Morgan fingerprint density at radius 1 is 1.11 bits per heavy atom. The molecular formula is C17H34N2. The summed E-state index contributed by atoms with van der Waals surface area (Å²) in [6.07, 6.45) is 9.60. The normalized spacial score (nSPS) is 32.4. The molecule has 2 aliphatic rings. The molecule has 0 saturated heterocycles. The largest absolute Gasteiger partial charge is 0.326 e. The lowest BCUT2D eigenvalue weighted by Gasteiger charge is -2.49. The molecule has 2 unspecified atom stereocenters. The predicted molar refractivity (Wildman–Crippen MR) is 83.2 cm³/mol. The maximum atomic E-state index is 6.66. The summed E-state index contributed by atoms with van der Waals surface area (Å²) in [4.78, 5) is 2.81. The van der Waals surface area contributed by atoms with Gasteiger partial charge in [-0.2, -0.15) is 0 Å². The second kappa shape index (κ2) is 6.13. The van der Waals surface area contributed by atoms with Crippen LogP contribution in [0.1, 0.15) is 72.6 Å². The molecule has 0 amide bonds. The lowest BCUT2D eigenvalue weighted by atomic mass is 9.70. The molecule has 0 heterocycles. The fourth-order valence-electron chi connectivity index (χ4n) is 4.22. The van der Waals surface area contributed by atoms with Crippen molar-refractivity contribution in [3.8, 4) is 0 Å². The van der Waals surface area contributed by atoms with Crippen molar-refractivity contribution in [1.82, 2.24) is 4.90 Å². The van der Waals surface area contributed by atoms with E-state index in [0.717, 1.165) is 12.0 Å². The Morgan fingerprint density at radius 3 is 2.32 bits per heavy atom. The molecule has 0 aromatic rings. The molecule has 0 spiro atoms. The van der Waals surface area contributed by atoms with Gasteiger partial charge in [0.05, 0.1) is 0 Å². The van der Waals surface area contributed by atoms with Crippen LogP contribution in [0.25, 0.3) is 0 Å². The number of nitrogens with two attached hydrogens (primary N) is 1. The Bertz CT molecular complexity index is 279. The number of nitrogens with zero attached hydrogens (tertiary/aromatic N) is 1. The van der Waals surface area contributed by atoms with Gasteiger partial charge in [0.2, 0.25) is 0 Å². The molecule has 2 aliphatic carbocycles. The molecule has 2 nitrogen and oxygen atoms in total. The Labute approximate surface area is 120 Å². The van der Waals surface area contributed by atoms with Gasteiger partial charge in [0.1, 0.15) is 0 Å². The summed E-state index contributed by atoms with van der Waals surface area (Å²) in [5, 5.41) is 0. The maximum Gasteiger partial charge on any atom is 0.0255 e. The third-order valence-corrected chi connectivity index (χ3v) is 5.43. The highest BCUT2D eigenvalue weighted by atomic mass is 15.2. The standard InChI is InChI=1S/C17H34N2/c1-13(2)12-19(14-8-5-6-9-14)15-10-7-11-17(3,4)16(15)18/h13-16H,5-12,18H2,1-4H3. The molecule has 0 radical (unpaired) electrons. The van der Waals surface area contributed by atoms with Crippen LogP contribution in [0.2, 0.25) is 0 Å². The molecular weight excluding hydrogens is 232 g/mol. The summed E-state index contributed by atoms with van der Waals surface area (Å²) in [6, 6.07) is 1.78. The number of hydrogen-bond donors (Lipinski definition) is 1. The molecule has 2 N–H and O–H groups in total. The summed E-state index contributed by atoms with van der Waals surface area (Å²) in [7, 11) is 0. The third kappa shape index (κ3) is 3.52. The van der Waals surface area contributed by atoms with E-state index in [0.29, 0.717) is 17.5 Å². The van der Waals surface area contributed by atoms with E-state index in [-0.39, 0.29) is 0 Å². The SMILES string of the molecule is CC(C)CN(C1CCCC1)C1CCCC(C)(C)C1N. The van der Waals surface area contributed by atoms with Crippen LogP contribution >= 0.6 is 0 Å². The third-order valence-electron chi connectivity index (χ3n) is 5.43. The van der Waals surface area contributed by atoms with Crippen molar-refractivity contribution >= 4 is 0 Å². The van der Waals surface area contributed by atoms with Gasteiger partial charge in [-0.3, -0.25) is 4.90 Å². The lowest BCUT2D eigenvalue weighted by molar-refractivity contribution is 0.0322. The first-order valence-corrected chi connectivity index (χ1v) is 8.43. The summed E-state index contributed by atoms with van der Waals surface area (Å²) < 4.78 is 0. The van der Waals surface area contributed by atoms with E-state index < -0.39 is 0 Å². The Morgan fingerprint density at radius 2 is 1.74 bits per heavy atom. The highest BCUT2D eigenvalue weighted by Gasteiger charge is 2.41. The minimum Gasteiger partial charge on any atom is -0.326 e. The van der Waals surface area contributed by atoms with Crippen LogP contribution in [-0.2, 0) is 0 Å². The van der Waals surface area contributed by atoms with Crippen molar-refractivity contribution < 1.29 is 0 Å².